The summed E-state index contributed by atoms with van der Waals surface area (Å²) < 4.78 is 11.3. The van der Waals surface area contributed by atoms with Gasteiger partial charge in [-0.05, 0) is 62.8 Å². The summed E-state index contributed by atoms with van der Waals surface area (Å²) in [7, 11) is 0. The van der Waals surface area contributed by atoms with Crippen LogP contribution in [-0.4, -0.2) is 56.3 Å². The molecule has 25 heavy (non-hydrogen) atoms. The number of aryl methyl sites for hydroxylation is 1. The first kappa shape index (κ1) is 18.2. The van der Waals surface area contributed by atoms with Gasteiger partial charge in [0.1, 0.15) is 5.75 Å². The Kier molecular flexibility index (Phi) is 6.70. The van der Waals surface area contributed by atoms with E-state index in [-0.39, 0.29) is 5.91 Å². The van der Waals surface area contributed by atoms with Crippen molar-refractivity contribution >= 4 is 5.91 Å². The third-order valence-electron chi connectivity index (χ3n) is 5.08. The molecule has 1 aliphatic heterocycles. The number of fused-ring (bicyclic) bond motifs is 1. The Balaban J connectivity index is 1.42. The molecule has 5 heteroatoms. The van der Waals surface area contributed by atoms with Crippen molar-refractivity contribution in [2.45, 2.75) is 45.1 Å². The Morgan fingerprint density at radius 3 is 2.92 bits per heavy atom. The van der Waals surface area contributed by atoms with Gasteiger partial charge in [0.05, 0.1) is 13.2 Å². The van der Waals surface area contributed by atoms with E-state index in [1.165, 1.54) is 24.0 Å². The van der Waals surface area contributed by atoms with Gasteiger partial charge in [-0.25, -0.2) is 0 Å². The summed E-state index contributed by atoms with van der Waals surface area (Å²) >= 11 is 0. The van der Waals surface area contributed by atoms with E-state index in [1.54, 1.807) is 0 Å². The van der Waals surface area contributed by atoms with Crippen LogP contribution in [0.3, 0.4) is 0 Å². The summed E-state index contributed by atoms with van der Waals surface area (Å²) in [6, 6.07) is 6.20. The fourth-order valence-electron chi connectivity index (χ4n) is 3.58. The summed E-state index contributed by atoms with van der Waals surface area (Å²) in [5.41, 5.74) is 2.67. The average molecular weight is 346 g/mol. The fourth-order valence-corrected chi connectivity index (χ4v) is 3.58. The zero-order chi connectivity index (χ0) is 17.5. The molecule has 0 unspecified atom stereocenters. The van der Waals surface area contributed by atoms with Gasteiger partial charge in [-0.3, -0.25) is 9.69 Å². The van der Waals surface area contributed by atoms with E-state index in [0.29, 0.717) is 6.54 Å². The molecule has 1 N–H and O–H groups in total. The molecule has 1 fully saturated rings. The van der Waals surface area contributed by atoms with E-state index in [4.69, 9.17) is 9.47 Å². The molecular formula is C20H30N2O3. The van der Waals surface area contributed by atoms with Crippen LogP contribution in [0, 0.1) is 0 Å². The molecule has 0 aromatic heterocycles. The van der Waals surface area contributed by atoms with Crippen LogP contribution in [0.4, 0.5) is 0 Å². The topological polar surface area (TPSA) is 50.8 Å². The molecule has 0 radical (unpaired) electrons. The first-order valence-electron chi connectivity index (χ1n) is 9.59. The van der Waals surface area contributed by atoms with Crippen molar-refractivity contribution in [3.8, 4) is 5.75 Å². The van der Waals surface area contributed by atoms with Crippen LogP contribution in [0.2, 0.25) is 0 Å². The summed E-state index contributed by atoms with van der Waals surface area (Å²) in [5, 5.41) is 3.00. The number of morpholine rings is 1. The van der Waals surface area contributed by atoms with Crippen molar-refractivity contribution < 1.29 is 14.3 Å². The minimum atomic E-state index is -0.461. The van der Waals surface area contributed by atoms with E-state index >= 15 is 0 Å². The molecule has 1 saturated heterocycles. The van der Waals surface area contributed by atoms with Crippen LogP contribution in [0.15, 0.2) is 18.2 Å². The molecule has 1 atom stereocenters. The number of benzene rings is 1. The van der Waals surface area contributed by atoms with Crippen LogP contribution in [-0.2, 0) is 22.4 Å². The number of hydrogen-bond donors (Lipinski definition) is 1. The third kappa shape index (κ3) is 5.19. The highest BCUT2D eigenvalue weighted by atomic mass is 16.5. The van der Waals surface area contributed by atoms with E-state index < -0.39 is 6.10 Å². The highest BCUT2D eigenvalue weighted by molar-refractivity contribution is 5.80. The van der Waals surface area contributed by atoms with Crippen molar-refractivity contribution in [1.82, 2.24) is 10.2 Å². The van der Waals surface area contributed by atoms with Gasteiger partial charge in [0, 0.05) is 19.6 Å². The van der Waals surface area contributed by atoms with Crippen molar-refractivity contribution in [3.63, 3.8) is 0 Å². The Morgan fingerprint density at radius 1 is 1.28 bits per heavy atom. The van der Waals surface area contributed by atoms with Crippen LogP contribution in [0.1, 0.15) is 37.3 Å². The quantitative estimate of drug-likeness (QED) is 0.769. The normalized spacial score (nSPS) is 19.1. The molecule has 2 aliphatic rings. The molecule has 1 heterocycles. The number of hydrogen-bond acceptors (Lipinski definition) is 4. The smallest absolute Gasteiger partial charge is 0.260 e. The maximum atomic E-state index is 12.3. The Hall–Kier alpha value is -1.59. The van der Waals surface area contributed by atoms with Crippen molar-refractivity contribution in [2.24, 2.45) is 0 Å². The SMILES string of the molecule is C[C@H](Oc1cccc2c1CCCC2)C(=O)NCCCN1CCOCC1. The van der Waals surface area contributed by atoms with Gasteiger partial charge >= 0.3 is 0 Å². The molecular weight excluding hydrogens is 316 g/mol. The number of nitrogens with zero attached hydrogens (tertiary/aromatic N) is 1. The van der Waals surface area contributed by atoms with E-state index in [2.05, 4.69) is 16.3 Å². The highest BCUT2D eigenvalue weighted by Gasteiger charge is 2.19. The first-order valence-corrected chi connectivity index (χ1v) is 9.59. The average Bonchev–Trinajstić information content (AvgIpc) is 2.66. The second-order valence-electron chi connectivity index (χ2n) is 6.96. The van der Waals surface area contributed by atoms with Gasteiger partial charge < -0.3 is 14.8 Å². The predicted molar refractivity (Wildman–Crippen MR) is 98.1 cm³/mol. The van der Waals surface area contributed by atoms with E-state index in [0.717, 1.165) is 57.9 Å². The monoisotopic (exact) mass is 346 g/mol. The minimum Gasteiger partial charge on any atom is -0.481 e. The molecule has 5 nitrogen and oxygen atoms in total. The second kappa shape index (κ2) is 9.20. The molecule has 1 aromatic carbocycles. The Labute approximate surface area is 150 Å². The maximum absolute atomic E-state index is 12.3. The lowest BCUT2D eigenvalue weighted by Crippen LogP contribution is -2.40. The number of ether oxygens (including phenoxy) is 2. The largest absolute Gasteiger partial charge is 0.481 e. The fraction of sp³-hybridized carbons (Fsp3) is 0.650. The highest BCUT2D eigenvalue weighted by Crippen LogP contribution is 2.30. The van der Waals surface area contributed by atoms with Crippen molar-refractivity contribution in [2.75, 3.05) is 39.4 Å². The van der Waals surface area contributed by atoms with Crippen LogP contribution in [0.5, 0.6) is 5.75 Å². The maximum Gasteiger partial charge on any atom is 0.260 e. The molecule has 1 amide bonds. The lowest BCUT2D eigenvalue weighted by Gasteiger charge is -2.26. The molecule has 0 spiro atoms. The number of rotatable bonds is 7. The van der Waals surface area contributed by atoms with E-state index in [1.807, 2.05) is 19.1 Å². The minimum absolute atomic E-state index is 0.0320. The zero-order valence-electron chi connectivity index (χ0n) is 15.3. The molecule has 1 aromatic rings. The third-order valence-corrected chi connectivity index (χ3v) is 5.08. The van der Waals surface area contributed by atoms with Gasteiger partial charge in [0.2, 0.25) is 0 Å². The standard InChI is InChI=1S/C20H30N2O3/c1-16(20(23)21-10-5-11-22-12-14-24-15-13-22)25-19-9-4-7-17-6-2-3-8-18(17)19/h4,7,9,16H,2-3,5-6,8,10-15H2,1H3,(H,21,23)/t16-/m0/s1. The summed E-state index contributed by atoms with van der Waals surface area (Å²) in [4.78, 5) is 14.7. The van der Waals surface area contributed by atoms with Gasteiger partial charge in [-0.15, -0.1) is 0 Å². The first-order chi connectivity index (χ1) is 12.2. The zero-order valence-corrected chi connectivity index (χ0v) is 15.3. The van der Waals surface area contributed by atoms with Gasteiger partial charge in [0.25, 0.3) is 5.91 Å². The predicted octanol–water partition coefficient (Wildman–Crippen LogP) is 2.17. The van der Waals surface area contributed by atoms with E-state index in [9.17, 15) is 4.79 Å². The number of carbonyl (C=O) groups excluding carboxylic acids is 1. The van der Waals surface area contributed by atoms with Crippen LogP contribution < -0.4 is 10.1 Å². The lowest BCUT2D eigenvalue weighted by molar-refractivity contribution is -0.127. The number of nitrogens with one attached hydrogen (secondary N) is 1. The molecule has 0 saturated carbocycles. The molecule has 138 valence electrons. The van der Waals surface area contributed by atoms with Gasteiger partial charge in [-0.2, -0.15) is 0 Å². The number of amides is 1. The summed E-state index contributed by atoms with van der Waals surface area (Å²) in [6.45, 7) is 7.15. The Morgan fingerprint density at radius 2 is 2.08 bits per heavy atom. The lowest BCUT2D eigenvalue weighted by atomic mass is 9.91. The number of carbonyl (C=O) groups is 1. The second-order valence-corrected chi connectivity index (χ2v) is 6.96. The summed E-state index contributed by atoms with van der Waals surface area (Å²) in [6.07, 6.45) is 5.12. The van der Waals surface area contributed by atoms with Gasteiger partial charge in [-0.1, -0.05) is 12.1 Å². The van der Waals surface area contributed by atoms with Crippen LogP contribution >= 0.6 is 0 Å². The molecule has 0 bridgehead atoms. The summed E-state index contributed by atoms with van der Waals surface area (Å²) in [5.74, 6) is 0.851. The Bertz CT molecular complexity index is 570. The van der Waals surface area contributed by atoms with Crippen LogP contribution in [0.25, 0.3) is 0 Å². The molecule has 1 aliphatic carbocycles. The van der Waals surface area contributed by atoms with Gasteiger partial charge in [0.15, 0.2) is 6.10 Å². The van der Waals surface area contributed by atoms with Crippen molar-refractivity contribution in [3.05, 3.63) is 29.3 Å². The van der Waals surface area contributed by atoms with Crippen molar-refractivity contribution in [1.29, 1.82) is 0 Å². The molecule has 3 rings (SSSR count).